The van der Waals surface area contributed by atoms with Gasteiger partial charge in [0.1, 0.15) is 23.3 Å². The maximum Gasteiger partial charge on any atom is 0.410 e. The molecule has 0 aliphatic carbocycles. The van der Waals surface area contributed by atoms with Gasteiger partial charge in [0, 0.05) is 33.0 Å². The van der Waals surface area contributed by atoms with Crippen molar-refractivity contribution in [3.63, 3.8) is 0 Å². The van der Waals surface area contributed by atoms with Gasteiger partial charge in [-0.1, -0.05) is 36.4 Å². The minimum atomic E-state index is -0.825. The van der Waals surface area contributed by atoms with Crippen molar-refractivity contribution in [2.45, 2.75) is 77.1 Å². The van der Waals surface area contributed by atoms with E-state index in [9.17, 15) is 14.4 Å². The summed E-state index contributed by atoms with van der Waals surface area (Å²) in [6, 6.07) is 14.5. The van der Waals surface area contributed by atoms with E-state index < -0.39 is 29.7 Å². The molecule has 2 aliphatic rings. The molecule has 230 valence electrons. The zero-order chi connectivity index (χ0) is 30.7. The molecule has 0 bridgehead atoms. The highest BCUT2D eigenvalue weighted by Gasteiger charge is 2.41. The summed E-state index contributed by atoms with van der Waals surface area (Å²) >= 11 is 0. The highest BCUT2D eigenvalue weighted by atomic mass is 16.6. The number of amides is 3. The van der Waals surface area contributed by atoms with E-state index in [1.54, 1.807) is 27.7 Å². The molecule has 1 N–H and O–H groups in total. The molecular formula is C33H43N5O5. The van der Waals surface area contributed by atoms with Gasteiger partial charge in [-0.25, -0.2) is 9.78 Å². The Labute approximate surface area is 253 Å². The summed E-state index contributed by atoms with van der Waals surface area (Å²) in [5.41, 5.74) is 3.09. The molecule has 5 rings (SSSR count). The largest absolute Gasteiger partial charge is 0.444 e. The topological polar surface area (TPSA) is 105 Å². The number of imidazole rings is 1. The summed E-state index contributed by atoms with van der Waals surface area (Å²) in [4.78, 5) is 48.5. The van der Waals surface area contributed by atoms with Crippen LogP contribution in [0.4, 0.5) is 4.79 Å². The Hall–Kier alpha value is -3.92. The van der Waals surface area contributed by atoms with Crippen LogP contribution in [0.5, 0.6) is 0 Å². The smallest absolute Gasteiger partial charge is 0.410 e. The first kappa shape index (κ1) is 30.5. The van der Waals surface area contributed by atoms with E-state index in [1.807, 2.05) is 41.4 Å². The van der Waals surface area contributed by atoms with E-state index in [4.69, 9.17) is 14.5 Å². The fraction of sp³-hybridized carbons (Fsp3) is 0.515. The van der Waals surface area contributed by atoms with Crippen molar-refractivity contribution >= 4 is 23.6 Å². The van der Waals surface area contributed by atoms with Crippen LogP contribution in [0, 0.1) is 5.92 Å². The van der Waals surface area contributed by atoms with Gasteiger partial charge < -0.3 is 19.7 Å². The molecule has 0 spiro atoms. The first-order valence-electron chi connectivity index (χ1n) is 15.2. The van der Waals surface area contributed by atoms with Gasteiger partial charge >= 0.3 is 6.09 Å². The second-order valence-corrected chi connectivity index (χ2v) is 12.6. The molecule has 3 aromatic rings. The molecule has 3 atom stereocenters. The van der Waals surface area contributed by atoms with Gasteiger partial charge in [-0.05, 0) is 77.0 Å². The Morgan fingerprint density at radius 1 is 1.05 bits per heavy atom. The Kier molecular flexibility index (Phi) is 9.05. The lowest BCUT2D eigenvalue weighted by Crippen LogP contribution is -2.57. The fourth-order valence-corrected chi connectivity index (χ4v) is 5.92. The highest BCUT2D eigenvalue weighted by Crippen LogP contribution is 2.34. The first-order valence-corrected chi connectivity index (χ1v) is 15.2. The second-order valence-electron chi connectivity index (χ2n) is 12.6. The van der Waals surface area contributed by atoms with E-state index in [-0.39, 0.29) is 17.9 Å². The second kappa shape index (κ2) is 12.8. The summed E-state index contributed by atoms with van der Waals surface area (Å²) in [6.07, 6.45) is 4.42. The molecule has 2 aromatic heterocycles. The van der Waals surface area contributed by atoms with Gasteiger partial charge in [-0.2, -0.15) is 0 Å². The summed E-state index contributed by atoms with van der Waals surface area (Å²) in [6.45, 7) is 8.64. The highest BCUT2D eigenvalue weighted by molar-refractivity contribution is 5.91. The van der Waals surface area contributed by atoms with Crippen molar-refractivity contribution in [1.29, 1.82) is 0 Å². The van der Waals surface area contributed by atoms with Gasteiger partial charge in [0.2, 0.25) is 11.8 Å². The number of carbonyl (C=O) groups excluding carboxylic acids is 3. The Morgan fingerprint density at radius 2 is 1.77 bits per heavy atom. The van der Waals surface area contributed by atoms with Crippen molar-refractivity contribution < 1.29 is 23.9 Å². The molecule has 2 fully saturated rings. The van der Waals surface area contributed by atoms with Crippen LogP contribution in [0.2, 0.25) is 0 Å². The first-order chi connectivity index (χ1) is 20.5. The van der Waals surface area contributed by atoms with Crippen LogP contribution < -0.4 is 5.32 Å². The average Bonchev–Trinajstić information content (AvgIpc) is 3.66. The molecule has 0 saturated carbocycles. The van der Waals surface area contributed by atoms with Gasteiger partial charge in [-0.3, -0.25) is 18.9 Å². The molecule has 43 heavy (non-hydrogen) atoms. The van der Waals surface area contributed by atoms with Crippen LogP contribution in [-0.4, -0.2) is 81.6 Å². The molecule has 3 amide bonds. The number of pyridine rings is 1. The normalized spacial score (nSPS) is 19.2. The number of likely N-dealkylation sites (tertiary alicyclic amines) is 1. The van der Waals surface area contributed by atoms with Crippen LogP contribution >= 0.6 is 0 Å². The van der Waals surface area contributed by atoms with E-state index in [1.165, 1.54) is 11.9 Å². The zero-order valence-corrected chi connectivity index (χ0v) is 25.8. The third-order valence-electron chi connectivity index (χ3n) is 8.40. The summed E-state index contributed by atoms with van der Waals surface area (Å²) in [5, 5.41) is 3.03. The van der Waals surface area contributed by atoms with Crippen molar-refractivity contribution in [3.8, 4) is 11.3 Å². The number of fused-ring (bicyclic) bond motifs is 1. The number of benzene rings is 1. The number of rotatable bonds is 7. The quantitative estimate of drug-likeness (QED) is 0.423. The molecule has 10 heteroatoms. The van der Waals surface area contributed by atoms with Crippen LogP contribution in [0.1, 0.15) is 65.1 Å². The maximum absolute atomic E-state index is 14.3. The van der Waals surface area contributed by atoms with Crippen molar-refractivity contribution in [2.75, 3.05) is 26.8 Å². The van der Waals surface area contributed by atoms with Crippen LogP contribution in [0.25, 0.3) is 16.9 Å². The summed E-state index contributed by atoms with van der Waals surface area (Å²) in [7, 11) is 1.53. The number of hydrogen-bond acceptors (Lipinski definition) is 6. The summed E-state index contributed by atoms with van der Waals surface area (Å²) < 4.78 is 13.1. The zero-order valence-electron chi connectivity index (χ0n) is 25.8. The predicted molar refractivity (Wildman–Crippen MR) is 163 cm³/mol. The molecule has 1 aromatic carbocycles. The molecule has 10 nitrogen and oxygen atoms in total. The molecular weight excluding hydrogens is 546 g/mol. The number of hydrogen-bond donors (Lipinski definition) is 1. The lowest BCUT2D eigenvalue weighted by atomic mass is 9.90. The van der Waals surface area contributed by atoms with E-state index in [0.29, 0.717) is 32.6 Å². The molecule has 4 heterocycles. The Morgan fingerprint density at radius 3 is 2.47 bits per heavy atom. The van der Waals surface area contributed by atoms with Crippen molar-refractivity contribution in [1.82, 2.24) is 24.5 Å². The van der Waals surface area contributed by atoms with E-state index in [0.717, 1.165) is 35.4 Å². The number of aromatic nitrogens is 2. The monoisotopic (exact) mass is 589 g/mol. The lowest BCUT2D eigenvalue weighted by Gasteiger charge is -2.36. The molecule has 0 unspecified atom stereocenters. The van der Waals surface area contributed by atoms with Gasteiger partial charge in [0.05, 0.1) is 17.4 Å². The van der Waals surface area contributed by atoms with Gasteiger partial charge in [0.25, 0.3) is 0 Å². The molecule has 2 aliphatic heterocycles. The Bertz CT molecular complexity index is 1440. The lowest BCUT2D eigenvalue weighted by molar-refractivity contribution is -0.141. The number of ether oxygens (including phenoxy) is 2. The average molecular weight is 590 g/mol. The number of likely N-dealkylation sites (N-methyl/N-ethyl adjacent to an activating group) is 1. The Balaban J connectivity index is 1.38. The standard InChI is InChI=1S/C33H43N5O5/c1-22(36(5)32(41)43-33(2,3)4)30(39)35-29(24-16-19-42-20-17-24)31(40)37-18-10-14-27(37)25-21-38-26(13-9-15-28(38)34-25)23-11-7-6-8-12-23/h6-9,11-13,15,21-22,24,27,29H,10,14,16-20H2,1-5H3,(H,35,39)/t22-,27-,29-/m0/s1. The molecule has 0 radical (unpaired) electrons. The number of nitrogens with zero attached hydrogens (tertiary/aromatic N) is 4. The third-order valence-corrected chi connectivity index (χ3v) is 8.40. The molecule has 2 saturated heterocycles. The summed E-state index contributed by atoms with van der Waals surface area (Å²) in [5.74, 6) is -0.583. The fourth-order valence-electron chi connectivity index (χ4n) is 5.92. The third kappa shape index (κ3) is 6.85. The minimum absolute atomic E-state index is 0.0729. The van der Waals surface area contributed by atoms with Crippen LogP contribution in [0.3, 0.4) is 0 Å². The SMILES string of the molecule is C[C@@H](C(=O)N[C@H](C(=O)N1CCC[C@H]1c1cn2c(-c3ccccc3)cccc2n1)C1CCOCC1)N(C)C(=O)OC(C)(C)C. The number of carbonyl (C=O) groups is 3. The van der Waals surface area contributed by atoms with E-state index >= 15 is 0 Å². The van der Waals surface area contributed by atoms with Crippen molar-refractivity contribution in [2.24, 2.45) is 5.92 Å². The van der Waals surface area contributed by atoms with Crippen LogP contribution in [-0.2, 0) is 19.1 Å². The van der Waals surface area contributed by atoms with E-state index in [2.05, 4.69) is 27.9 Å². The van der Waals surface area contributed by atoms with Crippen LogP contribution in [0.15, 0.2) is 54.7 Å². The van der Waals surface area contributed by atoms with Crippen molar-refractivity contribution in [3.05, 3.63) is 60.4 Å². The van der Waals surface area contributed by atoms with Gasteiger partial charge in [0.15, 0.2) is 0 Å². The van der Waals surface area contributed by atoms with Gasteiger partial charge in [-0.15, -0.1) is 0 Å². The minimum Gasteiger partial charge on any atom is -0.444 e. The number of nitrogens with one attached hydrogen (secondary N) is 1. The maximum atomic E-state index is 14.3. The predicted octanol–water partition coefficient (Wildman–Crippen LogP) is 4.83.